The number of aromatic nitrogens is 1. The Bertz CT molecular complexity index is 545. The minimum Gasteiger partial charge on any atom is -0.287 e. The van der Waals surface area contributed by atoms with Crippen LogP contribution in [0.4, 0.5) is 0 Å². The van der Waals surface area contributed by atoms with Crippen LogP contribution in [0, 0.1) is 0 Å². The zero-order valence-corrected chi connectivity index (χ0v) is 10.3. The first-order chi connectivity index (χ1) is 8.34. The molecule has 3 heteroatoms. The van der Waals surface area contributed by atoms with Gasteiger partial charge in [-0.15, -0.1) is 11.3 Å². The van der Waals surface area contributed by atoms with Crippen molar-refractivity contribution >= 4 is 17.1 Å². The Morgan fingerprint density at radius 1 is 1.18 bits per heavy atom. The molecule has 0 spiro atoms. The summed E-state index contributed by atoms with van der Waals surface area (Å²) in [7, 11) is 0. The van der Waals surface area contributed by atoms with Gasteiger partial charge >= 0.3 is 0 Å². The molecule has 0 bridgehead atoms. The molecule has 0 saturated heterocycles. The first kappa shape index (κ1) is 10.7. The second-order valence-electron chi connectivity index (χ2n) is 4.39. The normalized spacial score (nSPS) is 14.4. The molecule has 1 aromatic heterocycles. The topological polar surface area (TPSA) is 30.0 Å². The second-order valence-corrected chi connectivity index (χ2v) is 5.11. The van der Waals surface area contributed by atoms with E-state index in [0.29, 0.717) is 5.69 Å². The Morgan fingerprint density at radius 2 is 2.00 bits per heavy atom. The number of nitrogens with zero attached hydrogens (tertiary/aromatic N) is 1. The van der Waals surface area contributed by atoms with E-state index in [1.54, 1.807) is 5.51 Å². The van der Waals surface area contributed by atoms with Crippen molar-refractivity contribution in [1.82, 2.24) is 4.98 Å². The molecule has 2 nitrogen and oxygen atoms in total. The van der Waals surface area contributed by atoms with Gasteiger partial charge in [0.1, 0.15) is 5.69 Å². The monoisotopic (exact) mass is 243 g/mol. The summed E-state index contributed by atoms with van der Waals surface area (Å²) in [5, 5.41) is 1.81. The van der Waals surface area contributed by atoms with Crippen LogP contribution in [0.5, 0.6) is 0 Å². The molecule has 0 aliphatic heterocycles. The molecule has 3 rings (SSSR count). The van der Waals surface area contributed by atoms with Crippen molar-refractivity contribution in [2.75, 3.05) is 0 Å². The van der Waals surface area contributed by atoms with Crippen LogP contribution in [-0.4, -0.2) is 10.8 Å². The molecule has 1 heterocycles. The average Bonchev–Trinajstić information content (AvgIpc) is 2.91. The number of carbonyl (C=O) groups excluding carboxylic acids is 1. The lowest BCUT2D eigenvalue weighted by atomic mass is 9.89. The smallest absolute Gasteiger partial charge is 0.212 e. The molecule has 1 aliphatic carbocycles. The van der Waals surface area contributed by atoms with E-state index < -0.39 is 0 Å². The maximum Gasteiger partial charge on any atom is 0.212 e. The predicted molar refractivity (Wildman–Crippen MR) is 68.6 cm³/mol. The largest absolute Gasteiger partial charge is 0.287 e. The van der Waals surface area contributed by atoms with E-state index in [1.165, 1.54) is 35.3 Å². The van der Waals surface area contributed by atoms with E-state index >= 15 is 0 Å². The van der Waals surface area contributed by atoms with Gasteiger partial charge in [-0.3, -0.25) is 4.79 Å². The molecule has 2 aromatic rings. The van der Waals surface area contributed by atoms with Gasteiger partial charge in [-0.25, -0.2) is 4.98 Å². The standard InChI is InChI=1S/C14H13NOS/c16-14(13-8-17-9-15-13)12-6-5-10-3-1-2-4-11(10)7-12/h5-9H,1-4H2. The van der Waals surface area contributed by atoms with Crippen LogP contribution >= 0.6 is 11.3 Å². The number of rotatable bonds is 2. The number of thiazole rings is 1. The number of aryl methyl sites for hydroxylation is 2. The summed E-state index contributed by atoms with van der Waals surface area (Å²) < 4.78 is 0. The zero-order chi connectivity index (χ0) is 11.7. The summed E-state index contributed by atoms with van der Waals surface area (Å²) in [5.41, 5.74) is 5.79. The number of benzene rings is 1. The maximum absolute atomic E-state index is 12.1. The van der Waals surface area contributed by atoms with Crippen molar-refractivity contribution in [3.05, 3.63) is 51.5 Å². The van der Waals surface area contributed by atoms with E-state index in [4.69, 9.17) is 0 Å². The first-order valence-electron chi connectivity index (χ1n) is 5.89. The van der Waals surface area contributed by atoms with Gasteiger partial charge in [-0.05, 0) is 42.9 Å². The predicted octanol–water partition coefficient (Wildman–Crippen LogP) is 3.25. The molecule has 86 valence electrons. The van der Waals surface area contributed by atoms with E-state index in [9.17, 15) is 4.79 Å². The summed E-state index contributed by atoms with van der Waals surface area (Å²) >= 11 is 1.46. The van der Waals surface area contributed by atoms with Crippen LogP contribution in [0.2, 0.25) is 0 Å². The Labute approximate surface area is 104 Å². The van der Waals surface area contributed by atoms with Crippen LogP contribution in [0.25, 0.3) is 0 Å². The summed E-state index contributed by atoms with van der Waals surface area (Å²) in [6.07, 6.45) is 4.77. The highest BCUT2D eigenvalue weighted by atomic mass is 32.1. The van der Waals surface area contributed by atoms with Crippen molar-refractivity contribution < 1.29 is 4.79 Å². The van der Waals surface area contributed by atoms with Gasteiger partial charge in [-0.2, -0.15) is 0 Å². The molecular weight excluding hydrogens is 230 g/mol. The molecule has 0 saturated carbocycles. The highest BCUT2D eigenvalue weighted by Gasteiger charge is 2.15. The van der Waals surface area contributed by atoms with Crippen LogP contribution in [-0.2, 0) is 12.8 Å². The van der Waals surface area contributed by atoms with Crippen molar-refractivity contribution in [3.8, 4) is 0 Å². The summed E-state index contributed by atoms with van der Waals surface area (Å²) in [4.78, 5) is 16.2. The van der Waals surface area contributed by atoms with Crippen LogP contribution in [0.15, 0.2) is 29.1 Å². The first-order valence-corrected chi connectivity index (χ1v) is 6.83. The van der Waals surface area contributed by atoms with Crippen LogP contribution in [0.1, 0.15) is 40.0 Å². The molecule has 17 heavy (non-hydrogen) atoms. The lowest BCUT2D eigenvalue weighted by Crippen LogP contribution is -2.07. The highest BCUT2D eigenvalue weighted by molar-refractivity contribution is 7.07. The molecule has 0 atom stereocenters. The highest BCUT2D eigenvalue weighted by Crippen LogP contribution is 2.23. The van der Waals surface area contributed by atoms with E-state index in [1.807, 2.05) is 11.4 Å². The molecule has 0 amide bonds. The Balaban J connectivity index is 1.96. The minimum atomic E-state index is 0.0413. The summed E-state index contributed by atoms with van der Waals surface area (Å²) in [5.74, 6) is 0.0413. The third kappa shape index (κ3) is 2.03. The Morgan fingerprint density at radius 3 is 2.76 bits per heavy atom. The van der Waals surface area contributed by atoms with E-state index in [2.05, 4.69) is 17.1 Å². The molecular formula is C14H13NOS. The van der Waals surface area contributed by atoms with E-state index in [-0.39, 0.29) is 5.78 Å². The minimum absolute atomic E-state index is 0.0413. The Hall–Kier alpha value is -1.48. The Kier molecular flexibility index (Phi) is 2.77. The maximum atomic E-state index is 12.1. The SMILES string of the molecule is O=C(c1ccc2c(c1)CCCC2)c1cscn1. The third-order valence-corrected chi connectivity index (χ3v) is 3.86. The van der Waals surface area contributed by atoms with Crippen molar-refractivity contribution in [2.45, 2.75) is 25.7 Å². The van der Waals surface area contributed by atoms with Crippen LogP contribution < -0.4 is 0 Å². The number of fused-ring (bicyclic) bond motifs is 1. The van der Waals surface area contributed by atoms with Gasteiger partial charge in [-0.1, -0.05) is 12.1 Å². The molecule has 0 radical (unpaired) electrons. The van der Waals surface area contributed by atoms with Crippen molar-refractivity contribution in [1.29, 1.82) is 0 Å². The quantitative estimate of drug-likeness (QED) is 0.758. The van der Waals surface area contributed by atoms with Gasteiger partial charge in [0.25, 0.3) is 0 Å². The number of hydrogen-bond donors (Lipinski definition) is 0. The van der Waals surface area contributed by atoms with Gasteiger partial charge < -0.3 is 0 Å². The average molecular weight is 243 g/mol. The summed E-state index contributed by atoms with van der Waals surface area (Å²) in [6, 6.07) is 6.09. The van der Waals surface area contributed by atoms with Crippen molar-refractivity contribution in [2.24, 2.45) is 0 Å². The zero-order valence-electron chi connectivity index (χ0n) is 9.48. The fourth-order valence-corrected chi connectivity index (χ4v) is 2.88. The van der Waals surface area contributed by atoms with Gasteiger partial charge in [0.05, 0.1) is 5.51 Å². The molecule has 1 aliphatic rings. The molecule has 0 unspecified atom stereocenters. The molecule has 0 fully saturated rings. The van der Waals surface area contributed by atoms with E-state index in [0.717, 1.165) is 18.4 Å². The van der Waals surface area contributed by atoms with Gasteiger partial charge in [0.15, 0.2) is 0 Å². The van der Waals surface area contributed by atoms with Gasteiger partial charge in [0, 0.05) is 10.9 Å². The molecule has 1 aromatic carbocycles. The number of hydrogen-bond acceptors (Lipinski definition) is 3. The lowest BCUT2D eigenvalue weighted by molar-refractivity contribution is 0.103. The third-order valence-electron chi connectivity index (χ3n) is 3.28. The number of carbonyl (C=O) groups is 1. The molecule has 0 N–H and O–H groups in total. The summed E-state index contributed by atoms with van der Waals surface area (Å²) in [6.45, 7) is 0. The lowest BCUT2D eigenvalue weighted by Gasteiger charge is -2.15. The van der Waals surface area contributed by atoms with Gasteiger partial charge in [0.2, 0.25) is 5.78 Å². The van der Waals surface area contributed by atoms with Crippen molar-refractivity contribution in [3.63, 3.8) is 0 Å². The number of ketones is 1. The van der Waals surface area contributed by atoms with Crippen LogP contribution in [0.3, 0.4) is 0 Å². The second kappa shape index (κ2) is 4.41. The fourth-order valence-electron chi connectivity index (χ4n) is 2.35. The fraction of sp³-hybridized carbons (Fsp3) is 0.286.